The molecule has 0 aliphatic carbocycles. The Bertz CT molecular complexity index is 710. The monoisotopic (exact) mass is 360 g/mol. The van der Waals surface area contributed by atoms with Crippen LogP contribution in [-0.4, -0.2) is 36.2 Å². The molecule has 0 spiro atoms. The van der Waals surface area contributed by atoms with E-state index in [4.69, 9.17) is 9.47 Å². The van der Waals surface area contributed by atoms with E-state index >= 15 is 0 Å². The molecule has 0 aromatic heterocycles. The highest BCUT2D eigenvalue weighted by Gasteiger charge is 2.44. The number of carbonyl (C=O) groups excluding carboxylic acids is 4. The highest BCUT2D eigenvalue weighted by atomic mass is 16.6. The zero-order valence-electron chi connectivity index (χ0n) is 15.5. The van der Waals surface area contributed by atoms with Gasteiger partial charge in [0.1, 0.15) is 18.5 Å². The summed E-state index contributed by atoms with van der Waals surface area (Å²) >= 11 is 0. The van der Waals surface area contributed by atoms with Gasteiger partial charge in [-0.25, -0.2) is 9.59 Å². The molecule has 26 heavy (non-hydrogen) atoms. The van der Waals surface area contributed by atoms with Gasteiger partial charge < -0.3 is 9.47 Å². The molecule has 140 valence electrons. The number of allylic oxidation sites excluding steroid dienone is 2. The van der Waals surface area contributed by atoms with Gasteiger partial charge >= 0.3 is 11.9 Å². The Hall–Kier alpha value is -2.76. The van der Waals surface area contributed by atoms with Crippen molar-refractivity contribution in [3.8, 4) is 0 Å². The molecule has 0 amide bonds. The number of hydrogen-bond acceptors (Lipinski definition) is 6. The summed E-state index contributed by atoms with van der Waals surface area (Å²) in [6.45, 7) is 13.7. The quantitative estimate of drug-likeness (QED) is 0.376. The van der Waals surface area contributed by atoms with E-state index in [9.17, 15) is 19.2 Å². The molecule has 6 heteroatoms. The topological polar surface area (TPSA) is 86.7 Å². The predicted octanol–water partition coefficient (Wildman–Crippen LogP) is 2.64. The fourth-order valence-electron chi connectivity index (χ4n) is 2.46. The minimum absolute atomic E-state index is 0.0306. The number of aldehydes is 1. The van der Waals surface area contributed by atoms with Crippen LogP contribution in [0.3, 0.4) is 0 Å². The summed E-state index contributed by atoms with van der Waals surface area (Å²) < 4.78 is 10.8. The fourth-order valence-corrected chi connectivity index (χ4v) is 2.46. The van der Waals surface area contributed by atoms with Gasteiger partial charge in [-0.3, -0.25) is 9.59 Å². The molecule has 1 aliphatic heterocycles. The van der Waals surface area contributed by atoms with Gasteiger partial charge in [0, 0.05) is 17.6 Å². The predicted molar refractivity (Wildman–Crippen MR) is 96.1 cm³/mol. The largest absolute Gasteiger partial charge is 0.458 e. The summed E-state index contributed by atoms with van der Waals surface area (Å²) in [7, 11) is 0. The van der Waals surface area contributed by atoms with Gasteiger partial charge in [0.05, 0.1) is 5.92 Å². The highest BCUT2D eigenvalue weighted by molar-refractivity contribution is 5.94. The van der Waals surface area contributed by atoms with Crippen LogP contribution in [0.4, 0.5) is 0 Å². The SMILES string of the molecule is C=C(C[C@H](OC(=O)/C(C)=C\C)[C@@H]1C(=C)C(=O)O[C@H]1/C=C(\C)C=O)C(C)=O. The molecule has 1 saturated heterocycles. The summed E-state index contributed by atoms with van der Waals surface area (Å²) in [4.78, 5) is 46.7. The van der Waals surface area contributed by atoms with E-state index in [1.807, 2.05) is 0 Å². The summed E-state index contributed by atoms with van der Waals surface area (Å²) in [5.41, 5.74) is 1.12. The summed E-state index contributed by atoms with van der Waals surface area (Å²) in [5.74, 6) is -2.18. The van der Waals surface area contributed by atoms with E-state index in [-0.39, 0.29) is 23.4 Å². The first-order chi connectivity index (χ1) is 12.1. The van der Waals surface area contributed by atoms with Gasteiger partial charge in [0.25, 0.3) is 0 Å². The maximum absolute atomic E-state index is 12.2. The van der Waals surface area contributed by atoms with E-state index < -0.39 is 30.1 Å². The molecule has 6 nitrogen and oxygen atoms in total. The van der Waals surface area contributed by atoms with Gasteiger partial charge in [-0.05, 0) is 44.9 Å². The van der Waals surface area contributed by atoms with Crippen molar-refractivity contribution in [2.45, 2.75) is 46.3 Å². The van der Waals surface area contributed by atoms with E-state index in [1.54, 1.807) is 26.8 Å². The van der Waals surface area contributed by atoms with Gasteiger partial charge in [0.2, 0.25) is 0 Å². The first kappa shape index (κ1) is 21.3. The van der Waals surface area contributed by atoms with Crippen LogP contribution in [0.2, 0.25) is 0 Å². The molecule has 1 aliphatic rings. The molecule has 0 unspecified atom stereocenters. The third kappa shape index (κ3) is 5.12. The zero-order valence-corrected chi connectivity index (χ0v) is 15.5. The lowest BCUT2D eigenvalue weighted by Crippen LogP contribution is -2.34. The lowest BCUT2D eigenvalue weighted by molar-refractivity contribution is -0.147. The number of carbonyl (C=O) groups is 4. The van der Waals surface area contributed by atoms with E-state index in [2.05, 4.69) is 13.2 Å². The molecule has 0 N–H and O–H groups in total. The van der Waals surface area contributed by atoms with Crippen LogP contribution < -0.4 is 0 Å². The van der Waals surface area contributed by atoms with Crippen LogP contribution in [-0.2, 0) is 28.7 Å². The average Bonchev–Trinajstić information content (AvgIpc) is 2.86. The lowest BCUT2D eigenvalue weighted by Gasteiger charge is -2.26. The number of ketones is 1. The van der Waals surface area contributed by atoms with Gasteiger partial charge in [-0.1, -0.05) is 19.2 Å². The van der Waals surface area contributed by atoms with Gasteiger partial charge in [-0.2, -0.15) is 0 Å². The molecule has 1 heterocycles. The maximum Gasteiger partial charge on any atom is 0.334 e. The molecule has 0 saturated carbocycles. The van der Waals surface area contributed by atoms with Crippen LogP contribution in [0, 0.1) is 5.92 Å². The standard InChI is InChI=1S/C20H24O6/c1-7-12(3)19(23)25-17(9-13(4)15(6)22)18-14(5)20(24)26-16(18)8-11(2)10-21/h7-8,10,16-18H,4-5,9H2,1-3,6H3/b11-8+,12-7-/t16-,17-,18+/m0/s1. The third-order valence-electron chi connectivity index (χ3n) is 4.23. The van der Waals surface area contributed by atoms with E-state index in [0.29, 0.717) is 17.4 Å². The maximum atomic E-state index is 12.2. The number of Topliss-reactive ketones (excluding diaryl/α,β-unsaturated/α-hetero) is 1. The lowest BCUT2D eigenvalue weighted by atomic mass is 9.86. The van der Waals surface area contributed by atoms with Gasteiger partial charge in [0.15, 0.2) is 5.78 Å². The molecule has 0 bridgehead atoms. The summed E-state index contributed by atoms with van der Waals surface area (Å²) in [6.07, 6.45) is 2.04. The minimum atomic E-state index is -0.881. The minimum Gasteiger partial charge on any atom is -0.458 e. The van der Waals surface area contributed by atoms with Crippen molar-refractivity contribution in [1.29, 1.82) is 0 Å². The number of hydrogen-bond donors (Lipinski definition) is 0. The van der Waals surface area contributed by atoms with Crippen molar-refractivity contribution in [1.82, 2.24) is 0 Å². The first-order valence-electron chi connectivity index (χ1n) is 8.18. The van der Waals surface area contributed by atoms with Crippen molar-refractivity contribution < 1.29 is 28.7 Å². The molecule has 1 rings (SSSR count). The Morgan fingerprint density at radius 3 is 2.42 bits per heavy atom. The summed E-state index contributed by atoms with van der Waals surface area (Å²) in [6, 6.07) is 0. The van der Waals surface area contributed by atoms with Crippen molar-refractivity contribution in [3.05, 3.63) is 47.6 Å². The Balaban J connectivity index is 3.26. The normalized spacial score (nSPS) is 21.8. The molecular formula is C20H24O6. The Morgan fingerprint density at radius 2 is 1.92 bits per heavy atom. The zero-order chi connectivity index (χ0) is 20.0. The van der Waals surface area contributed by atoms with Crippen LogP contribution >= 0.6 is 0 Å². The number of rotatable bonds is 8. The molecular weight excluding hydrogens is 336 g/mol. The van der Waals surface area contributed by atoms with Crippen molar-refractivity contribution in [2.24, 2.45) is 5.92 Å². The average molecular weight is 360 g/mol. The molecule has 0 aromatic rings. The van der Waals surface area contributed by atoms with Gasteiger partial charge in [-0.15, -0.1) is 0 Å². The number of ether oxygens (including phenoxy) is 2. The molecule has 3 atom stereocenters. The highest BCUT2D eigenvalue weighted by Crippen LogP contribution is 2.35. The Morgan fingerprint density at radius 1 is 1.31 bits per heavy atom. The third-order valence-corrected chi connectivity index (χ3v) is 4.23. The van der Waals surface area contributed by atoms with Crippen molar-refractivity contribution in [2.75, 3.05) is 0 Å². The second-order valence-electron chi connectivity index (χ2n) is 6.23. The second kappa shape index (κ2) is 9.08. The van der Waals surface area contributed by atoms with Crippen molar-refractivity contribution >= 4 is 24.0 Å². The van der Waals surface area contributed by atoms with Crippen LogP contribution in [0.1, 0.15) is 34.1 Å². The van der Waals surface area contributed by atoms with Crippen LogP contribution in [0.15, 0.2) is 47.6 Å². The summed E-state index contributed by atoms with van der Waals surface area (Å²) in [5, 5.41) is 0. The smallest absolute Gasteiger partial charge is 0.334 e. The Kier molecular flexibility index (Phi) is 7.43. The fraction of sp³-hybridized carbons (Fsp3) is 0.400. The first-order valence-corrected chi connectivity index (χ1v) is 8.18. The van der Waals surface area contributed by atoms with Crippen LogP contribution in [0.25, 0.3) is 0 Å². The van der Waals surface area contributed by atoms with Crippen LogP contribution in [0.5, 0.6) is 0 Å². The number of esters is 2. The van der Waals surface area contributed by atoms with E-state index in [0.717, 1.165) is 0 Å². The van der Waals surface area contributed by atoms with Crippen molar-refractivity contribution in [3.63, 3.8) is 0 Å². The molecule has 1 fully saturated rings. The second-order valence-corrected chi connectivity index (χ2v) is 6.23. The Labute approximate surface area is 153 Å². The molecule has 0 aromatic carbocycles. The molecule has 0 radical (unpaired) electrons. The van der Waals surface area contributed by atoms with E-state index in [1.165, 1.54) is 13.0 Å². The number of cyclic esters (lactones) is 1.